The summed E-state index contributed by atoms with van der Waals surface area (Å²) in [4.78, 5) is 27.6. The van der Waals surface area contributed by atoms with Crippen molar-refractivity contribution in [1.82, 2.24) is 14.9 Å². The molecule has 138 valence electrons. The van der Waals surface area contributed by atoms with E-state index in [1.807, 2.05) is 49.6 Å². The molecule has 2 aliphatic rings. The first-order valence-corrected chi connectivity index (χ1v) is 9.62. The van der Waals surface area contributed by atoms with Gasteiger partial charge in [0.05, 0.1) is 13.0 Å². The molecule has 0 saturated carbocycles. The van der Waals surface area contributed by atoms with Crippen LogP contribution in [0.1, 0.15) is 17.8 Å². The summed E-state index contributed by atoms with van der Waals surface area (Å²) in [5.41, 5.74) is 4.47. The van der Waals surface area contributed by atoms with Gasteiger partial charge in [0.2, 0.25) is 11.9 Å². The van der Waals surface area contributed by atoms with Gasteiger partial charge in [-0.15, -0.1) is 0 Å². The molecule has 0 radical (unpaired) electrons. The number of aliphatic imine (C=N–C) groups is 1. The minimum Gasteiger partial charge on any atom is -0.326 e. The quantitative estimate of drug-likeness (QED) is 0.827. The lowest BCUT2D eigenvalue weighted by Crippen LogP contribution is -2.24. The monoisotopic (exact) mass is 380 g/mol. The molecule has 0 bridgehead atoms. The van der Waals surface area contributed by atoms with Gasteiger partial charge in [-0.05, 0) is 49.6 Å². The molecule has 8 heteroatoms. The number of amidine groups is 1. The fraction of sp³-hybridized carbons (Fsp3) is 0.263. The van der Waals surface area contributed by atoms with Crippen LogP contribution in [0, 0.1) is 13.8 Å². The van der Waals surface area contributed by atoms with Gasteiger partial charge in [0.25, 0.3) is 0 Å². The van der Waals surface area contributed by atoms with E-state index < -0.39 is 0 Å². The Labute approximate surface area is 162 Å². The van der Waals surface area contributed by atoms with Crippen molar-refractivity contribution in [3.63, 3.8) is 0 Å². The molecule has 0 atom stereocenters. The van der Waals surface area contributed by atoms with Gasteiger partial charge in [-0.1, -0.05) is 11.8 Å². The molecule has 27 heavy (non-hydrogen) atoms. The van der Waals surface area contributed by atoms with Crippen LogP contribution in [-0.2, 0) is 4.79 Å². The summed E-state index contributed by atoms with van der Waals surface area (Å²) in [5, 5.41) is 9.14. The highest BCUT2D eigenvalue weighted by Gasteiger charge is 2.27. The lowest BCUT2D eigenvalue weighted by molar-refractivity contribution is -0.115. The molecule has 0 saturated heterocycles. The molecule has 0 spiro atoms. The highest BCUT2D eigenvalue weighted by atomic mass is 32.2. The average molecular weight is 380 g/mol. The number of carbonyl (C=O) groups is 1. The van der Waals surface area contributed by atoms with Crippen molar-refractivity contribution in [3.05, 3.63) is 52.8 Å². The van der Waals surface area contributed by atoms with Gasteiger partial charge in [0.15, 0.2) is 5.17 Å². The first-order valence-electron chi connectivity index (χ1n) is 8.74. The second-order valence-electron chi connectivity index (χ2n) is 6.44. The summed E-state index contributed by atoms with van der Waals surface area (Å²) < 4.78 is 0. The van der Waals surface area contributed by atoms with Crippen LogP contribution in [0.2, 0.25) is 0 Å². The van der Waals surface area contributed by atoms with Gasteiger partial charge in [0, 0.05) is 35.0 Å². The number of amides is 1. The van der Waals surface area contributed by atoms with E-state index in [-0.39, 0.29) is 5.91 Å². The Morgan fingerprint density at radius 2 is 1.85 bits per heavy atom. The van der Waals surface area contributed by atoms with E-state index in [0.29, 0.717) is 12.4 Å². The van der Waals surface area contributed by atoms with Gasteiger partial charge in [0.1, 0.15) is 0 Å². The number of benzene rings is 1. The third kappa shape index (κ3) is 4.11. The molecule has 0 unspecified atom stereocenters. The number of fused-ring (bicyclic) bond motifs is 1. The maximum absolute atomic E-state index is 12.3. The van der Waals surface area contributed by atoms with Gasteiger partial charge >= 0.3 is 0 Å². The second kappa shape index (κ2) is 7.40. The predicted molar refractivity (Wildman–Crippen MR) is 109 cm³/mol. The predicted octanol–water partition coefficient (Wildman–Crippen LogP) is 3.43. The largest absolute Gasteiger partial charge is 0.326 e. The summed E-state index contributed by atoms with van der Waals surface area (Å²) in [5.74, 6) is 0.534. The van der Waals surface area contributed by atoms with Crippen molar-refractivity contribution in [2.45, 2.75) is 20.3 Å². The number of nitrogens with one attached hydrogen (secondary N) is 2. The van der Waals surface area contributed by atoms with Crippen molar-refractivity contribution in [2.75, 3.05) is 23.7 Å². The fourth-order valence-electron chi connectivity index (χ4n) is 3.03. The molecular weight excluding hydrogens is 360 g/mol. The molecule has 1 aromatic heterocycles. The van der Waals surface area contributed by atoms with Crippen LogP contribution in [-0.4, -0.2) is 39.0 Å². The van der Waals surface area contributed by atoms with Gasteiger partial charge in [-0.2, -0.15) is 0 Å². The minimum absolute atomic E-state index is 0.0339. The van der Waals surface area contributed by atoms with E-state index in [4.69, 9.17) is 0 Å². The minimum atomic E-state index is -0.0339. The lowest BCUT2D eigenvalue weighted by Gasteiger charge is -2.16. The Morgan fingerprint density at radius 3 is 2.59 bits per heavy atom. The first kappa shape index (κ1) is 17.5. The Hall–Kier alpha value is -2.87. The second-order valence-corrected chi connectivity index (χ2v) is 7.28. The highest BCUT2D eigenvalue weighted by molar-refractivity contribution is 8.16. The fourth-order valence-corrected chi connectivity index (χ4v) is 3.99. The van der Waals surface area contributed by atoms with Crippen LogP contribution in [0.4, 0.5) is 17.3 Å². The van der Waals surface area contributed by atoms with Crippen LogP contribution in [0.5, 0.6) is 0 Å². The number of hydrogen-bond donors (Lipinski definition) is 2. The Balaban J connectivity index is 1.35. The number of anilines is 3. The number of aromatic nitrogens is 2. The molecule has 1 amide bonds. The van der Waals surface area contributed by atoms with Crippen LogP contribution >= 0.6 is 11.8 Å². The zero-order chi connectivity index (χ0) is 18.8. The first-order chi connectivity index (χ1) is 13.1. The van der Waals surface area contributed by atoms with Crippen LogP contribution in [0.3, 0.4) is 0 Å². The normalized spacial score (nSPS) is 15.3. The molecule has 2 aliphatic heterocycles. The Bertz CT molecular complexity index is 917. The van der Waals surface area contributed by atoms with Crippen molar-refractivity contribution in [1.29, 1.82) is 0 Å². The van der Waals surface area contributed by atoms with E-state index in [2.05, 4.69) is 30.5 Å². The molecule has 7 nitrogen and oxygen atoms in total. The molecule has 2 aromatic rings. The molecule has 4 rings (SSSR count). The van der Waals surface area contributed by atoms with Gasteiger partial charge in [-0.3, -0.25) is 9.79 Å². The van der Waals surface area contributed by atoms with E-state index in [0.717, 1.165) is 46.7 Å². The molecular formula is C19H20N6OS. The Morgan fingerprint density at radius 1 is 1.15 bits per heavy atom. The third-order valence-corrected chi connectivity index (χ3v) is 5.15. The zero-order valence-corrected chi connectivity index (χ0v) is 16.0. The summed E-state index contributed by atoms with van der Waals surface area (Å²) >= 11 is 1.59. The molecule has 1 aromatic carbocycles. The lowest BCUT2D eigenvalue weighted by atomic mass is 10.2. The van der Waals surface area contributed by atoms with E-state index in [1.54, 1.807) is 11.8 Å². The average Bonchev–Trinajstić information content (AvgIpc) is 3.21. The topological polar surface area (TPSA) is 82.5 Å². The maximum atomic E-state index is 12.3. The summed E-state index contributed by atoms with van der Waals surface area (Å²) in [7, 11) is 0. The van der Waals surface area contributed by atoms with Crippen molar-refractivity contribution in [2.24, 2.45) is 4.99 Å². The maximum Gasteiger partial charge on any atom is 0.230 e. The van der Waals surface area contributed by atoms with Crippen LogP contribution in [0.25, 0.3) is 0 Å². The van der Waals surface area contributed by atoms with E-state index in [9.17, 15) is 4.79 Å². The van der Waals surface area contributed by atoms with E-state index in [1.165, 1.54) is 0 Å². The number of carbonyl (C=O) groups excluding carboxylic acids is 1. The van der Waals surface area contributed by atoms with Crippen LogP contribution in [0.15, 0.2) is 46.4 Å². The van der Waals surface area contributed by atoms with Gasteiger partial charge < -0.3 is 15.5 Å². The Kier molecular flexibility index (Phi) is 4.81. The standard InChI is InChI=1S/C19H20N6OS/c1-12-9-13(2)22-18(21-12)24-15-5-3-14(4-6-15)23-17(26)10-16-11-27-19-20-7-8-25(16)19/h3-6,9,11H,7-8,10H2,1-2H3,(H,23,26)(H,21,22,24). The third-order valence-electron chi connectivity index (χ3n) is 4.20. The molecule has 0 aliphatic carbocycles. The number of hydrogen-bond acceptors (Lipinski definition) is 7. The highest BCUT2D eigenvalue weighted by Crippen LogP contribution is 2.31. The molecule has 2 N–H and O–H groups in total. The van der Waals surface area contributed by atoms with Crippen molar-refractivity contribution < 1.29 is 4.79 Å². The molecule has 3 heterocycles. The van der Waals surface area contributed by atoms with Gasteiger partial charge in [-0.25, -0.2) is 9.97 Å². The van der Waals surface area contributed by atoms with Crippen molar-refractivity contribution >= 4 is 40.2 Å². The number of rotatable bonds is 5. The SMILES string of the molecule is Cc1cc(C)nc(Nc2ccc(NC(=O)CC3=CSC4=NCCN34)cc2)n1. The number of nitrogens with zero attached hydrogens (tertiary/aromatic N) is 4. The van der Waals surface area contributed by atoms with Crippen LogP contribution < -0.4 is 10.6 Å². The smallest absolute Gasteiger partial charge is 0.230 e. The summed E-state index contributed by atoms with van der Waals surface area (Å²) in [6, 6.07) is 9.45. The zero-order valence-electron chi connectivity index (χ0n) is 15.2. The summed E-state index contributed by atoms with van der Waals surface area (Å²) in [6.07, 6.45) is 0.350. The molecule has 0 fully saturated rings. The van der Waals surface area contributed by atoms with Crippen molar-refractivity contribution in [3.8, 4) is 0 Å². The number of aryl methyl sites for hydroxylation is 2. The van der Waals surface area contributed by atoms with E-state index >= 15 is 0 Å². The summed E-state index contributed by atoms with van der Waals surface area (Å²) in [6.45, 7) is 5.55. The number of thioether (sulfide) groups is 1.